The lowest BCUT2D eigenvalue weighted by Gasteiger charge is -2.09. The van der Waals surface area contributed by atoms with Gasteiger partial charge in [-0.1, -0.05) is 35.5 Å². The summed E-state index contributed by atoms with van der Waals surface area (Å²) in [5.74, 6) is 0.393. The number of aromatic nitrogens is 3. The number of amides is 1. The molecule has 1 amide bonds. The largest absolute Gasteiger partial charge is 0.344 e. The second-order valence-corrected chi connectivity index (χ2v) is 5.78. The Hall–Kier alpha value is -2.60. The van der Waals surface area contributed by atoms with Crippen molar-refractivity contribution in [1.82, 2.24) is 14.7 Å². The molecule has 0 aliphatic heterocycles. The second kappa shape index (κ2) is 7.31. The van der Waals surface area contributed by atoms with E-state index in [0.717, 1.165) is 11.1 Å². The van der Waals surface area contributed by atoms with E-state index < -0.39 is 0 Å². The third kappa shape index (κ3) is 3.83. The molecule has 0 spiro atoms. The molecular weight excluding hydrogens is 328 g/mol. The van der Waals surface area contributed by atoms with Crippen LogP contribution < -0.4 is 5.32 Å². The molecule has 0 unspecified atom stereocenters. The van der Waals surface area contributed by atoms with Gasteiger partial charge in [-0.15, -0.1) is 0 Å². The molecule has 2 aromatic heterocycles. The van der Waals surface area contributed by atoms with Gasteiger partial charge in [0.15, 0.2) is 0 Å². The highest BCUT2D eigenvalue weighted by atomic mass is 35.5. The predicted molar refractivity (Wildman–Crippen MR) is 91.0 cm³/mol. The molecule has 0 bridgehead atoms. The average molecular weight is 345 g/mol. The fourth-order valence-electron chi connectivity index (χ4n) is 2.41. The van der Waals surface area contributed by atoms with Gasteiger partial charge in [-0.2, -0.15) is 0 Å². The van der Waals surface area contributed by atoms with Gasteiger partial charge in [0.1, 0.15) is 0 Å². The van der Waals surface area contributed by atoms with Gasteiger partial charge in [0.2, 0.25) is 17.1 Å². The maximum Gasteiger partial charge on any atom is 0.229 e. The van der Waals surface area contributed by atoms with Crippen molar-refractivity contribution in [2.75, 3.05) is 5.32 Å². The van der Waals surface area contributed by atoms with Gasteiger partial charge < -0.3 is 9.09 Å². The van der Waals surface area contributed by atoms with Crippen molar-refractivity contribution in [3.8, 4) is 0 Å². The van der Waals surface area contributed by atoms with Crippen LogP contribution in [0.25, 0.3) is 0 Å². The number of rotatable bonds is 6. The summed E-state index contributed by atoms with van der Waals surface area (Å²) in [6, 6.07) is 9.99. The number of benzene rings is 1. The summed E-state index contributed by atoms with van der Waals surface area (Å²) in [6.07, 6.45) is 4.25. The SMILES string of the molecule is Cc1noc(Cl)c1CCC(=O)Nc1nccn1Cc1ccccc1. The minimum Gasteiger partial charge on any atom is -0.344 e. The Bertz CT molecular complexity index is 807. The number of nitrogens with zero attached hydrogens (tertiary/aromatic N) is 3. The first-order valence-corrected chi connectivity index (χ1v) is 7.97. The van der Waals surface area contributed by atoms with Crippen LogP contribution in [0.15, 0.2) is 47.2 Å². The molecule has 0 aliphatic carbocycles. The van der Waals surface area contributed by atoms with Gasteiger partial charge in [0, 0.05) is 24.4 Å². The lowest BCUT2D eigenvalue weighted by atomic mass is 10.1. The van der Waals surface area contributed by atoms with Crippen molar-refractivity contribution < 1.29 is 9.32 Å². The molecule has 24 heavy (non-hydrogen) atoms. The highest BCUT2D eigenvalue weighted by Gasteiger charge is 2.14. The number of aryl methyl sites for hydroxylation is 1. The molecule has 0 fully saturated rings. The van der Waals surface area contributed by atoms with Gasteiger partial charge in [-0.25, -0.2) is 4.98 Å². The van der Waals surface area contributed by atoms with Crippen molar-refractivity contribution >= 4 is 23.5 Å². The Balaban J connectivity index is 1.60. The van der Waals surface area contributed by atoms with E-state index in [2.05, 4.69) is 15.5 Å². The zero-order valence-corrected chi connectivity index (χ0v) is 14.0. The molecule has 3 rings (SSSR count). The van der Waals surface area contributed by atoms with Gasteiger partial charge >= 0.3 is 0 Å². The van der Waals surface area contributed by atoms with E-state index in [4.69, 9.17) is 16.1 Å². The predicted octanol–water partition coefficient (Wildman–Crippen LogP) is 3.45. The molecule has 2 heterocycles. The molecule has 7 heteroatoms. The van der Waals surface area contributed by atoms with Gasteiger partial charge in [0.25, 0.3) is 0 Å². The van der Waals surface area contributed by atoms with Crippen molar-refractivity contribution in [3.63, 3.8) is 0 Å². The number of carbonyl (C=O) groups excluding carboxylic acids is 1. The normalized spacial score (nSPS) is 10.8. The molecule has 1 N–H and O–H groups in total. The molecule has 0 radical (unpaired) electrons. The first kappa shape index (κ1) is 16.3. The number of carbonyl (C=O) groups is 1. The lowest BCUT2D eigenvalue weighted by Crippen LogP contribution is -2.16. The van der Waals surface area contributed by atoms with Crippen LogP contribution in [0.3, 0.4) is 0 Å². The van der Waals surface area contributed by atoms with E-state index in [0.29, 0.717) is 24.6 Å². The fraction of sp³-hybridized carbons (Fsp3) is 0.235. The summed E-state index contributed by atoms with van der Waals surface area (Å²) in [5.41, 5.74) is 2.61. The van der Waals surface area contributed by atoms with Gasteiger partial charge in [-0.3, -0.25) is 10.1 Å². The third-order valence-corrected chi connectivity index (χ3v) is 4.00. The summed E-state index contributed by atoms with van der Waals surface area (Å²) in [7, 11) is 0. The van der Waals surface area contributed by atoms with Crippen LogP contribution in [0.4, 0.5) is 5.95 Å². The molecule has 124 valence electrons. The van der Waals surface area contributed by atoms with E-state index in [1.807, 2.05) is 41.1 Å². The summed E-state index contributed by atoms with van der Waals surface area (Å²) in [4.78, 5) is 16.4. The highest BCUT2D eigenvalue weighted by molar-refractivity contribution is 6.29. The second-order valence-electron chi connectivity index (χ2n) is 5.43. The molecule has 0 aliphatic rings. The van der Waals surface area contributed by atoms with Gasteiger partial charge in [0.05, 0.1) is 12.2 Å². The van der Waals surface area contributed by atoms with Crippen LogP contribution in [0, 0.1) is 6.92 Å². The highest BCUT2D eigenvalue weighted by Crippen LogP contribution is 2.20. The van der Waals surface area contributed by atoms with Crippen molar-refractivity contribution in [2.24, 2.45) is 0 Å². The Morgan fingerprint density at radius 2 is 2.12 bits per heavy atom. The lowest BCUT2D eigenvalue weighted by molar-refractivity contribution is -0.116. The van der Waals surface area contributed by atoms with Crippen LogP contribution in [-0.2, 0) is 17.8 Å². The monoisotopic (exact) mass is 344 g/mol. The van der Waals surface area contributed by atoms with Crippen LogP contribution in [0.1, 0.15) is 23.2 Å². The quantitative estimate of drug-likeness (QED) is 0.743. The van der Waals surface area contributed by atoms with E-state index in [1.54, 1.807) is 13.1 Å². The number of hydrogen-bond donors (Lipinski definition) is 1. The number of nitrogens with one attached hydrogen (secondary N) is 1. The summed E-state index contributed by atoms with van der Waals surface area (Å²) in [6.45, 7) is 2.45. The van der Waals surface area contributed by atoms with Crippen LogP contribution in [-0.4, -0.2) is 20.6 Å². The zero-order chi connectivity index (χ0) is 16.9. The molecule has 3 aromatic rings. The number of hydrogen-bond acceptors (Lipinski definition) is 4. The van der Waals surface area contributed by atoms with Crippen molar-refractivity contribution in [1.29, 1.82) is 0 Å². The summed E-state index contributed by atoms with van der Waals surface area (Å²) in [5, 5.41) is 6.85. The maximum absolute atomic E-state index is 12.2. The van der Waals surface area contributed by atoms with Crippen LogP contribution in [0.5, 0.6) is 0 Å². The molecule has 0 saturated carbocycles. The van der Waals surface area contributed by atoms with Crippen molar-refractivity contribution in [2.45, 2.75) is 26.3 Å². The van der Waals surface area contributed by atoms with E-state index in [1.165, 1.54) is 0 Å². The van der Waals surface area contributed by atoms with Crippen LogP contribution in [0.2, 0.25) is 5.22 Å². The Labute approximate surface area is 144 Å². The molecule has 0 saturated heterocycles. The van der Waals surface area contributed by atoms with Gasteiger partial charge in [-0.05, 0) is 30.5 Å². The minimum atomic E-state index is -0.132. The van der Waals surface area contributed by atoms with E-state index in [-0.39, 0.29) is 17.5 Å². The maximum atomic E-state index is 12.2. The number of anilines is 1. The number of imidazole rings is 1. The fourth-order valence-corrected chi connectivity index (χ4v) is 2.67. The average Bonchev–Trinajstić information content (AvgIpc) is 3.13. The molecular formula is C17H17ClN4O2. The summed E-state index contributed by atoms with van der Waals surface area (Å²) >= 11 is 5.91. The minimum absolute atomic E-state index is 0.132. The summed E-state index contributed by atoms with van der Waals surface area (Å²) < 4.78 is 6.78. The third-order valence-electron chi connectivity index (χ3n) is 3.70. The van der Waals surface area contributed by atoms with Crippen molar-refractivity contribution in [3.05, 3.63) is 64.8 Å². The van der Waals surface area contributed by atoms with E-state index >= 15 is 0 Å². The molecule has 0 atom stereocenters. The first-order chi connectivity index (χ1) is 11.6. The smallest absolute Gasteiger partial charge is 0.229 e. The topological polar surface area (TPSA) is 73.0 Å². The molecule has 6 nitrogen and oxygen atoms in total. The molecule has 1 aromatic carbocycles. The van der Waals surface area contributed by atoms with E-state index in [9.17, 15) is 4.79 Å². The number of halogens is 1. The van der Waals surface area contributed by atoms with Crippen LogP contribution >= 0.6 is 11.6 Å². The zero-order valence-electron chi connectivity index (χ0n) is 13.2. The first-order valence-electron chi connectivity index (χ1n) is 7.59. The Morgan fingerprint density at radius 1 is 1.33 bits per heavy atom. The Kier molecular flexibility index (Phi) is 4.96. The standard InChI is InChI=1S/C17H17ClN4O2/c1-12-14(16(18)24-21-12)7-8-15(23)20-17-19-9-10-22(17)11-13-5-3-2-4-6-13/h2-6,9-10H,7-8,11H2,1H3,(H,19,20,23). The Morgan fingerprint density at radius 3 is 2.83 bits per heavy atom.